The number of carbonyl (C=O) groups is 1. The Bertz CT molecular complexity index is 986. The molecule has 31 heavy (non-hydrogen) atoms. The minimum Gasteiger partial charge on any atom is -0.497 e. The minimum absolute atomic E-state index is 0.156. The van der Waals surface area contributed by atoms with Crippen molar-refractivity contribution in [2.45, 2.75) is 31.0 Å². The first kappa shape index (κ1) is 21.2. The van der Waals surface area contributed by atoms with Gasteiger partial charge in [-0.15, -0.1) is 10.2 Å². The highest BCUT2D eigenvalue weighted by molar-refractivity contribution is 7.99. The van der Waals surface area contributed by atoms with Crippen LogP contribution in [0.5, 0.6) is 11.5 Å². The number of benzene rings is 2. The van der Waals surface area contributed by atoms with E-state index in [0.29, 0.717) is 16.7 Å². The van der Waals surface area contributed by atoms with Gasteiger partial charge in [0.1, 0.15) is 18.1 Å². The van der Waals surface area contributed by atoms with E-state index in [9.17, 15) is 4.79 Å². The molecule has 2 heterocycles. The molecule has 4 rings (SSSR count). The molecule has 3 aromatic rings. The molecule has 0 N–H and O–H groups in total. The van der Waals surface area contributed by atoms with E-state index >= 15 is 0 Å². The van der Waals surface area contributed by atoms with Crippen molar-refractivity contribution in [1.29, 1.82) is 0 Å². The standard InChI is InChI=1S/C23H26N4O3S/c1-29-19-10-12-20(13-11-19)30-16-21-24-25-23(27(21)18-8-4-2-5-9-18)31-17-22(28)26-14-6-3-7-15-26/h2,4-5,8-13H,3,6-7,14-17H2,1H3. The minimum atomic E-state index is 0.156. The number of piperidine rings is 1. The summed E-state index contributed by atoms with van der Waals surface area (Å²) in [5.74, 6) is 2.68. The highest BCUT2D eigenvalue weighted by atomic mass is 32.2. The van der Waals surface area contributed by atoms with Crippen LogP contribution in [0.3, 0.4) is 0 Å². The van der Waals surface area contributed by atoms with Crippen molar-refractivity contribution < 1.29 is 14.3 Å². The van der Waals surface area contributed by atoms with Crippen molar-refractivity contribution >= 4 is 17.7 Å². The Kier molecular flexibility index (Phi) is 7.09. The molecule has 0 saturated carbocycles. The van der Waals surface area contributed by atoms with Crippen LogP contribution in [0.2, 0.25) is 0 Å². The molecule has 0 radical (unpaired) electrons. The number of methoxy groups -OCH3 is 1. The van der Waals surface area contributed by atoms with Gasteiger partial charge in [-0.25, -0.2) is 0 Å². The Hall–Kier alpha value is -3.00. The van der Waals surface area contributed by atoms with Crippen LogP contribution in [0, 0.1) is 0 Å². The fourth-order valence-corrected chi connectivity index (χ4v) is 4.38. The topological polar surface area (TPSA) is 69.5 Å². The Balaban J connectivity index is 1.49. The summed E-state index contributed by atoms with van der Waals surface area (Å²) in [7, 11) is 1.63. The first-order valence-electron chi connectivity index (χ1n) is 10.4. The van der Waals surface area contributed by atoms with E-state index in [2.05, 4.69) is 10.2 Å². The van der Waals surface area contributed by atoms with Gasteiger partial charge in [0.05, 0.1) is 12.9 Å². The third-order valence-electron chi connectivity index (χ3n) is 5.18. The first-order chi connectivity index (χ1) is 15.2. The number of carbonyl (C=O) groups excluding carboxylic acids is 1. The second kappa shape index (κ2) is 10.3. The van der Waals surface area contributed by atoms with Gasteiger partial charge in [-0.05, 0) is 55.7 Å². The molecule has 1 fully saturated rings. The predicted molar refractivity (Wildman–Crippen MR) is 120 cm³/mol. The molecule has 0 spiro atoms. The highest BCUT2D eigenvalue weighted by Crippen LogP contribution is 2.24. The molecule has 7 nitrogen and oxygen atoms in total. The van der Waals surface area contributed by atoms with Gasteiger partial charge >= 0.3 is 0 Å². The second-order valence-corrected chi connectivity index (χ2v) is 8.21. The molecular formula is C23H26N4O3S. The number of thioether (sulfide) groups is 1. The maximum atomic E-state index is 12.6. The molecule has 1 amide bonds. The zero-order valence-electron chi connectivity index (χ0n) is 17.6. The van der Waals surface area contributed by atoms with Crippen molar-refractivity contribution in [3.05, 3.63) is 60.4 Å². The summed E-state index contributed by atoms with van der Waals surface area (Å²) in [5.41, 5.74) is 0.939. The summed E-state index contributed by atoms with van der Waals surface area (Å²) in [4.78, 5) is 14.6. The number of hydrogen-bond acceptors (Lipinski definition) is 6. The summed E-state index contributed by atoms with van der Waals surface area (Å²) in [6.45, 7) is 1.96. The van der Waals surface area contributed by atoms with Gasteiger partial charge in [0, 0.05) is 18.8 Å². The van der Waals surface area contributed by atoms with Crippen LogP contribution in [0.1, 0.15) is 25.1 Å². The summed E-state index contributed by atoms with van der Waals surface area (Å²) < 4.78 is 13.1. The average molecular weight is 439 g/mol. The predicted octanol–water partition coefficient (Wildman–Crippen LogP) is 3.96. The van der Waals surface area contributed by atoms with Gasteiger partial charge in [0.15, 0.2) is 11.0 Å². The van der Waals surface area contributed by atoms with Crippen LogP contribution < -0.4 is 9.47 Å². The summed E-state index contributed by atoms with van der Waals surface area (Å²) in [5, 5.41) is 9.39. The molecule has 2 aromatic carbocycles. The smallest absolute Gasteiger partial charge is 0.233 e. The molecule has 0 atom stereocenters. The van der Waals surface area contributed by atoms with E-state index in [0.717, 1.165) is 43.1 Å². The largest absolute Gasteiger partial charge is 0.497 e. The van der Waals surface area contributed by atoms with E-state index in [-0.39, 0.29) is 12.5 Å². The molecule has 8 heteroatoms. The Labute approximate surface area is 186 Å². The van der Waals surface area contributed by atoms with E-state index in [1.807, 2.05) is 64.1 Å². The summed E-state index contributed by atoms with van der Waals surface area (Å²) in [6, 6.07) is 17.3. The third kappa shape index (κ3) is 5.38. The van der Waals surface area contributed by atoms with Crippen molar-refractivity contribution in [1.82, 2.24) is 19.7 Å². The lowest BCUT2D eigenvalue weighted by Crippen LogP contribution is -2.36. The number of para-hydroxylation sites is 1. The van der Waals surface area contributed by atoms with Crippen LogP contribution in [0.4, 0.5) is 0 Å². The van der Waals surface area contributed by atoms with Crippen molar-refractivity contribution in [3.63, 3.8) is 0 Å². The van der Waals surface area contributed by atoms with Gasteiger partial charge in [0.25, 0.3) is 0 Å². The van der Waals surface area contributed by atoms with Crippen LogP contribution in [-0.2, 0) is 11.4 Å². The van der Waals surface area contributed by atoms with Gasteiger partial charge in [0.2, 0.25) is 5.91 Å². The van der Waals surface area contributed by atoms with Gasteiger partial charge < -0.3 is 14.4 Å². The number of hydrogen-bond donors (Lipinski definition) is 0. The molecule has 0 unspecified atom stereocenters. The van der Waals surface area contributed by atoms with Crippen molar-refractivity contribution in [2.24, 2.45) is 0 Å². The maximum Gasteiger partial charge on any atom is 0.233 e. The lowest BCUT2D eigenvalue weighted by atomic mass is 10.1. The normalized spacial score (nSPS) is 13.8. The van der Waals surface area contributed by atoms with Crippen LogP contribution >= 0.6 is 11.8 Å². The maximum absolute atomic E-state index is 12.6. The summed E-state index contributed by atoms with van der Waals surface area (Å²) in [6.07, 6.45) is 3.38. The number of nitrogens with zero attached hydrogens (tertiary/aromatic N) is 4. The number of likely N-dealkylation sites (tertiary alicyclic amines) is 1. The van der Waals surface area contributed by atoms with Crippen LogP contribution in [0.15, 0.2) is 59.8 Å². The Morgan fingerprint density at radius 3 is 2.39 bits per heavy atom. The van der Waals surface area contributed by atoms with E-state index in [4.69, 9.17) is 9.47 Å². The molecule has 1 aromatic heterocycles. The SMILES string of the molecule is COc1ccc(OCc2nnc(SCC(=O)N3CCCCC3)n2-c2ccccc2)cc1. The van der Waals surface area contributed by atoms with E-state index in [1.165, 1.54) is 18.2 Å². The van der Waals surface area contributed by atoms with Gasteiger partial charge in [-0.2, -0.15) is 0 Å². The second-order valence-electron chi connectivity index (χ2n) is 7.26. The fraction of sp³-hybridized carbons (Fsp3) is 0.348. The van der Waals surface area contributed by atoms with Gasteiger partial charge in [-0.3, -0.25) is 9.36 Å². The highest BCUT2D eigenvalue weighted by Gasteiger charge is 2.20. The molecule has 1 saturated heterocycles. The van der Waals surface area contributed by atoms with E-state index in [1.54, 1.807) is 7.11 Å². The fourth-order valence-electron chi connectivity index (χ4n) is 3.50. The Morgan fingerprint density at radius 2 is 1.68 bits per heavy atom. The third-order valence-corrected chi connectivity index (χ3v) is 6.09. The number of amides is 1. The molecule has 0 aliphatic carbocycles. The van der Waals surface area contributed by atoms with Gasteiger partial charge in [-0.1, -0.05) is 30.0 Å². The molecule has 1 aliphatic heterocycles. The molecular weight excluding hydrogens is 412 g/mol. The number of ether oxygens (including phenoxy) is 2. The van der Waals surface area contributed by atoms with Crippen molar-refractivity contribution in [3.8, 4) is 17.2 Å². The summed E-state index contributed by atoms with van der Waals surface area (Å²) >= 11 is 1.42. The van der Waals surface area contributed by atoms with Crippen LogP contribution in [0.25, 0.3) is 5.69 Å². The van der Waals surface area contributed by atoms with Crippen molar-refractivity contribution in [2.75, 3.05) is 26.0 Å². The molecule has 1 aliphatic rings. The first-order valence-corrected chi connectivity index (χ1v) is 11.4. The lowest BCUT2D eigenvalue weighted by molar-refractivity contribution is -0.129. The quantitative estimate of drug-likeness (QED) is 0.496. The number of rotatable bonds is 8. The number of aromatic nitrogens is 3. The molecule has 162 valence electrons. The zero-order chi connectivity index (χ0) is 21.5. The Morgan fingerprint density at radius 1 is 0.968 bits per heavy atom. The monoisotopic (exact) mass is 438 g/mol. The average Bonchev–Trinajstić information content (AvgIpc) is 3.25. The van der Waals surface area contributed by atoms with Crippen LogP contribution in [-0.4, -0.2) is 51.5 Å². The zero-order valence-corrected chi connectivity index (χ0v) is 18.4. The van der Waals surface area contributed by atoms with E-state index < -0.39 is 0 Å². The lowest BCUT2D eigenvalue weighted by Gasteiger charge is -2.26. The molecule has 0 bridgehead atoms.